The van der Waals surface area contributed by atoms with Gasteiger partial charge < -0.3 is 24.4 Å². The summed E-state index contributed by atoms with van der Waals surface area (Å²) in [6, 6.07) is 3.78. The number of ether oxygens (including phenoxy) is 3. The average molecular weight is 294 g/mol. The minimum atomic E-state index is 0.111. The molecule has 1 aliphatic rings. The van der Waals surface area contributed by atoms with E-state index in [0.29, 0.717) is 31.7 Å². The van der Waals surface area contributed by atoms with Crippen molar-refractivity contribution in [2.75, 3.05) is 34.5 Å². The maximum Gasteiger partial charge on any atom is 0.231 e. The molecule has 0 unspecified atom stereocenters. The fourth-order valence-electron chi connectivity index (χ4n) is 2.06. The Labute approximate surface area is 125 Å². The lowest BCUT2D eigenvalue weighted by molar-refractivity contribution is -0.128. The molecule has 0 spiro atoms. The van der Waals surface area contributed by atoms with Crippen LogP contribution in [0.1, 0.15) is 18.4 Å². The highest BCUT2D eigenvalue weighted by atomic mass is 16.7. The van der Waals surface area contributed by atoms with E-state index in [1.807, 2.05) is 19.2 Å². The number of carbonyl (C=O) groups is 1. The molecule has 6 nitrogen and oxygen atoms in total. The topological polar surface area (TPSA) is 60.0 Å². The number of rotatable bonds is 7. The Morgan fingerprint density at radius 2 is 2.05 bits per heavy atom. The molecule has 116 valence electrons. The van der Waals surface area contributed by atoms with Crippen LogP contribution in [0.3, 0.4) is 0 Å². The SMILES string of the molecule is CNCc1cc2c(cc1OCCCC(=O)N(C)C)OCO2. The zero-order valence-electron chi connectivity index (χ0n) is 12.8. The second-order valence-electron chi connectivity index (χ2n) is 5.08. The van der Waals surface area contributed by atoms with E-state index in [2.05, 4.69) is 5.32 Å². The normalized spacial score (nSPS) is 12.3. The van der Waals surface area contributed by atoms with Crippen molar-refractivity contribution in [2.45, 2.75) is 19.4 Å². The van der Waals surface area contributed by atoms with Crippen LogP contribution >= 0.6 is 0 Å². The van der Waals surface area contributed by atoms with Gasteiger partial charge in [-0.3, -0.25) is 4.79 Å². The number of amides is 1. The number of carbonyl (C=O) groups excluding carboxylic acids is 1. The van der Waals surface area contributed by atoms with E-state index in [9.17, 15) is 4.79 Å². The summed E-state index contributed by atoms with van der Waals surface area (Å²) in [7, 11) is 5.39. The predicted octanol–water partition coefficient (Wildman–Crippen LogP) is 1.38. The fraction of sp³-hybridized carbons (Fsp3) is 0.533. The van der Waals surface area contributed by atoms with Crippen molar-refractivity contribution in [3.05, 3.63) is 17.7 Å². The molecule has 1 aromatic carbocycles. The summed E-state index contributed by atoms with van der Waals surface area (Å²) in [5.41, 5.74) is 1.01. The molecule has 2 rings (SSSR count). The molecule has 0 aliphatic carbocycles. The van der Waals surface area contributed by atoms with Gasteiger partial charge in [-0.2, -0.15) is 0 Å². The first kappa shape index (κ1) is 15.4. The Balaban J connectivity index is 1.94. The lowest BCUT2D eigenvalue weighted by Crippen LogP contribution is -2.21. The molecule has 0 atom stereocenters. The minimum absolute atomic E-state index is 0.111. The highest BCUT2D eigenvalue weighted by Crippen LogP contribution is 2.38. The van der Waals surface area contributed by atoms with Gasteiger partial charge in [0.25, 0.3) is 0 Å². The van der Waals surface area contributed by atoms with Crippen molar-refractivity contribution in [2.24, 2.45) is 0 Å². The second-order valence-corrected chi connectivity index (χ2v) is 5.08. The molecule has 0 bridgehead atoms. The van der Waals surface area contributed by atoms with E-state index >= 15 is 0 Å². The van der Waals surface area contributed by atoms with Crippen LogP contribution in [-0.4, -0.2) is 45.3 Å². The number of hydrogen-bond donors (Lipinski definition) is 1. The molecule has 1 aromatic rings. The smallest absolute Gasteiger partial charge is 0.231 e. The lowest BCUT2D eigenvalue weighted by atomic mass is 10.1. The molecule has 1 amide bonds. The largest absolute Gasteiger partial charge is 0.493 e. The standard InChI is InChI=1S/C15H22N2O4/c1-16-9-11-7-13-14(21-10-20-13)8-12(11)19-6-4-5-15(18)17(2)3/h7-8,16H,4-6,9-10H2,1-3H3. The van der Waals surface area contributed by atoms with Crippen molar-refractivity contribution in [1.29, 1.82) is 0 Å². The summed E-state index contributed by atoms with van der Waals surface area (Å²) in [4.78, 5) is 13.1. The van der Waals surface area contributed by atoms with E-state index in [0.717, 1.165) is 17.1 Å². The van der Waals surface area contributed by atoms with E-state index in [-0.39, 0.29) is 12.7 Å². The molecule has 0 saturated heterocycles. The van der Waals surface area contributed by atoms with Crippen LogP contribution in [0.15, 0.2) is 12.1 Å². The summed E-state index contributed by atoms with van der Waals surface area (Å²) < 4.78 is 16.5. The molecule has 1 aliphatic heterocycles. The summed E-state index contributed by atoms with van der Waals surface area (Å²) in [6.07, 6.45) is 1.17. The zero-order chi connectivity index (χ0) is 15.2. The molecule has 0 radical (unpaired) electrons. The molecule has 0 saturated carbocycles. The minimum Gasteiger partial charge on any atom is -0.493 e. The summed E-state index contributed by atoms with van der Waals surface area (Å²) in [5, 5.41) is 3.10. The predicted molar refractivity (Wildman–Crippen MR) is 78.8 cm³/mol. The van der Waals surface area contributed by atoms with Gasteiger partial charge in [-0.1, -0.05) is 0 Å². The lowest BCUT2D eigenvalue weighted by Gasteiger charge is -2.13. The highest BCUT2D eigenvalue weighted by molar-refractivity contribution is 5.75. The Morgan fingerprint density at radius 1 is 1.33 bits per heavy atom. The van der Waals surface area contributed by atoms with Gasteiger partial charge in [0.05, 0.1) is 6.61 Å². The van der Waals surface area contributed by atoms with Gasteiger partial charge in [0.2, 0.25) is 12.7 Å². The van der Waals surface area contributed by atoms with Gasteiger partial charge in [-0.15, -0.1) is 0 Å². The molecular formula is C15H22N2O4. The second kappa shape index (κ2) is 7.17. The number of hydrogen-bond acceptors (Lipinski definition) is 5. The van der Waals surface area contributed by atoms with Crippen LogP contribution in [0.4, 0.5) is 0 Å². The van der Waals surface area contributed by atoms with Gasteiger partial charge in [0.15, 0.2) is 11.5 Å². The highest BCUT2D eigenvalue weighted by Gasteiger charge is 2.17. The Bertz CT molecular complexity index is 503. The zero-order valence-corrected chi connectivity index (χ0v) is 12.8. The van der Waals surface area contributed by atoms with E-state index < -0.39 is 0 Å². The number of fused-ring (bicyclic) bond motifs is 1. The third-order valence-electron chi connectivity index (χ3n) is 3.21. The average Bonchev–Trinajstić information content (AvgIpc) is 2.90. The summed E-state index contributed by atoms with van der Waals surface area (Å²) in [6.45, 7) is 1.42. The molecule has 0 fully saturated rings. The van der Waals surface area contributed by atoms with E-state index in [4.69, 9.17) is 14.2 Å². The van der Waals surface area contributed by atoms with Gasteiger partial charge >= 0.3 is 0 Å². The Morgan fingerprint density at radius 3 is 2.71 bits per heavy atom. The van der Waals surface area contributed by atoms with E-state index in [1.54, 1.807) is 19.0 Å². The third kappa shape index (κ3) is 4.01. The maximum atomic E-state index is 11.5. The third-order valence-corrected chi connectivity index (χ3v) is 3.21. The first-order valence-corrected chi connectivity index (χ1v) is 7.02. The Hall–Kier alpha value is -1.95. The first-order valence-electron chi connectivity index (χ1n) is 7.02. The van der Waals surface area contributed by atoms with Gasteiger partial charge in [-0.05, 0) is 19.5 Å². The first-order chi connectivity index (χ1) is 10.1. The molecule has 1 heterocycles. The van der Waals surface area contributed by atoms with Crippen LogP contribution in [0, 0.1) is 0 Å². The van der Waals surface area contributed by atoms with Crippen LogP contribution in [-0.2, 0) is 11.3 Å². The molecule has 1 N–H and O–H groups in total. The van der Waals surface area contributed by atoms with Crippen LogP contribution < -0.4 is 19.5 Å². The van der Waals surface area contributed by atoms with Crippen molar-refractivity contribution < 1.29 is 19.0 Å². The fourth-order valence-corrected chi connectivity index (χ4v) is 2.06. The molecule has 6 heteroatoms. The van der Waals surface area contributed by atoms with Crippen LogP contribution in [0.25, 0.3) is 0 Å². The summed E-state index contributed by atoms with van der Waals surface area (Å²) in [5.74, 6) is 2.33. The van der Waals surface area contributed by atoms with Crippen molar-refractivity contribution in [1.82, 2.24) is 10.2 Å². The number of nitrogens with one attached hydrogen (secondary N) is 1. The maximum absolute atomic E-state index is 11.5. The van der Waals surface area contributed by atoms with Gasteiger partial charge in [-0.25, -0.2) is 0 Å². The van der Waals surface area contributed by atoms with Crippen molar-refractivity contribution >= 4 is 5.91 Å². The monoisotopic (exact) mass is 294 g/mol. The molecule has 21 heavy (non-hydrogen) atoms. The number of benzene rings is 1. The van der Waals surface area contributed by atoms with Gasteiger partial charge in [0, 0.05) is 38.7 Å². The van der Waals surface area contributed by atoms with Crippen molar-refractivity contribution in [3.63, 3.8) is 0 Å². The van der Waals surface area contributed by atoms with Crippen LogP contribution in [0.5, 0.6) is 17.2 Å². The molecular weight excluding hydrogens is 272 g/mol. The van der Waals surface area contributed by atoms with Crippen LogP contribution in [0.2, 0.25) is 0 Å². The summed E-state index contributed by atoms with van der Waals surface area (Å²) >= 11 is 0. The Kier molecular flexibility index (Phi) is 5.27. The van der Waals surface area contributed by atoms with Gasteiger partial charge in [0.1, 0.15) is 5.75 Å². The number of nitrogens with zero attached hydrogens (tertiary/aromatic N) is 1. The quantitative estimate of drug-likeness (QED) is 0.770. The van der Waals surface area contributed by atoms with Crippen molar-refractivity contribution in [3.8, 4) is 17.2 Å². The molecule has 0 aromatic heterocycles. The van der Waals surface area contributed by atoms with E-state index in [1.165, 1.54) is 0 Å².